The molecule has 18 heavy (non-hydrogen) atoms. The Balaban J connectivity index is 2.25. The quantitative estimate of drug-likeness (QED) is 0.834. The molecule has 2 rings (SSSR count). The summed E-state index contributed by atoms with van der Waals surface area (Å²) in [6, 6.07) is 8.37. The lowest BCUT2D eigenvalue weighted by Crippen LogP contribution is -2.11. The minimum atomic E-state index is -0.223. The number of hydrogen-bond acceptors (Lipinski definition) is 3. The molecule has 0 bridgehead atoms. The highest BCUT2D eigenvalue weighted by Gasteiger charge is 2.02. The van der Waals surface area contributed by atoms with Crippen molar-refractivity contribution >= 4 is 28.6 Å². The van der Waals surface area contributed by atoms with Crippen LogP contribution in [0.15, 0.2) is 36.5 Å². The smallest absolute Gasteiger partial charge is 0.126 e. The van der Waals surface area contributed by atoms with Gasteiger partial charge in [0, 0.05) is 17.6 Å². The number of aromatic nitrogens is 1. The van der Waals surface area contributed by atoms with Crippen molar-refractivity contribution in [3.8, 4) is 0 Å². The Bertz CT molecular complexity index is 599. The molecule has 0 aliphatic carbocycles. The number of pyridine rings is 1. The van der Waals surface area contributed by atoms with Gasteiger partial charge in [-0.05, 0) is 42.8 Å². The third-order valence-corrected chi connectivity index (χ3v) is 2.67. The monoisotopic (exact) mass is 261 g/mol. The zero-order valence-electron chi connectivity index (χ0n) is 9.77. The molecule has 1 aromatic heterocycles. The van der Waals surface area contributed by atoms with Gasteiger partial charge in [-0.2, -0.15) is 0 Å². The van der Waals surface area contributed by atoms with Crippen LogP contribution >= 0.6 is 12.2 Å². The summed E-state index contributed by atoms with van der Waals surface area (Å²) in [6.07, 6.45) is 1.62. The number of anilines is 2. The van der Waals surface area contributed by atoms with Crippen LogP contribution in [-0.2, 0) is 0 Å². The van der Waals surface area contributed by atoms with E-state index in [9.17, 15) is 4.39 Å². The maximum absolute atomic E-state index is 13.1. The van der Waals surface area contributed by atoms with Crippen molar-refractivity contribution in [1.29, 1.82) is 0 Å². The van der Waals surface area contributed by atoms with Gasteiger partial charge in [0.2, 0.25) is 0 Å². The summed E-state index contributed by atoms with van der Waals surface area (Å²) in [7, 11) is 0. The minimum Gasteiger partial charge on any atom is -0.388 e. The zero-order valence-corrected chi connectivity index (χ0v) is 10.6. The molecular formula is C13H12FN3S. The van der Waals surface area contributed by atoms with E-state index < -0.39 is 0 Å². The molecule has 2 aromatic rings. The van der Waals surface area contributed by atoms with Crippen LogP contribution in [0.4, 0.5) is 15.8 Å². The van der Waals surface area contributed by atoms with Crippen LogP contribution in [0.5, 0.6) is 0 Å². The molecule has 0 aliphatic rings. The van der Waals surface area contributed by atoms with Gasteiger partial charge in [0.25, 0.3) is 0 Å². The van der Waals surface area contributed by atoms with E-state index in [0.29, 0.717) is 11.3 Å². The second-order valence-corrected chi connectivity index (χ2v) is 4.32. The first-order valence-corrected chi connectivity index (χ1v) is 5.76. The molecule has 0 saturated heterocycles. The fourth-order valence-corrected chi connectivity index (χ4v) is 1.64. The average molecular weight is 261 g/mol. The normalized spacial score (nSPS) is 10.1. The van der Waals surface area contributed by atoms with Crippen molar-refractivity contribution in [2.45, 2.75) is 6.92 Å². The summed E-state index contributed by atoms with van der Waals surface area (Å²) in [5, 5.41) is 3.15. The molecule has 0 saturated carbocycles. The van der Waals surface area contributed by atoms with E-state index in [-0.39, 0.29) is 10.8 Å². The van der Waals surface area contributed by atoms with Crippen LogP contribution in [0.1, 0.15) is 11.3 Å². The first-order chi connectivity index (χ1) is 8.56. The summed E-state index contributed by atoms with van der Waals surface area (Å²) in [5.74, 6) is -0.223. The van der Waals surface area contributed by atoms with Gasteiger partial charge in [-0.1, -0.05) is 12.2 Å². The van der Waals surface area contributed by atoms with E-state index in [1.807, 2.05) is 0 Å². The lowest BCUT2D eigenvalue weighted by Gasteiger charge is -2.08. The first kappa shape index (κ1) is 12.4. The third-order valence-electron chi connectivity index (χ3n) is 2.46. The molecule has 1 aromatic carbocycles. The molecule has 0 fully saturated rings. The Kier molecular flexibility index (Phi) is 3.53. The molecule has 92 valence electrons. The predicted molar refractivity (Wildman–Crippen MR) is 74.5 cm³/mol. The van der Waals surface area contributed by atoms with Crippen LogP contribution in [0.2, 0.25) is 0 Å². The Morgan fingerprint density at radius 2 is 2.00 bits per heavy atom. The highest BCUT2D eigenvalue weighted by atomic mass is 32.1. The number of aryl methyl sites for hydroxylation is 1. The highest BCUT2D eigenvalue weighted by molar-refractivity contribution is 7.80. The third kappa shape index (κ3) is 2.81. The predicted octanol–water partition coefficient (Wildman–Crippen LogP) is 2.91. The fourth-order valence-electron chi connectivity index (χ4n) is 1.53. The summed E-state index contributed by atoms with van der Waals surface area (Å²) in [4.78, 5) is 4.29. The molecule has 0 unspecified atom stereocenters. The van der Waals surface area contributed by atoms with Gasteiger partial charge in [0.1, 0.15) is 10.8 Å². The van der Waals surface area contributed by atoms with Gasteiger partial charge in [-0.3, -0.25) is 4.98 Å². The molecule has 3 N–H and O–H groups in total. The number of nitrogens with two attached hydrogens (primary N) is 1. The van der Waals surface area contributed by atoms with Crippen LogP contribution in [-0.4, -0.2) is 9.97 Å². The summed E-state index contributed by atoms with van der Waals surface area (Å²) < 4.78 is 13.1. The van der Waals surface area contributed by atoms with Gasteiger partial charge < -0.3 is 11.1 Å². The molecule has 0 atom stereocenters. The van der Waals surface area contributed by atoms with Crippen molar-refractivity contribution < 1.29 is 4.39 Å². The molecule has 0 aliphatic heterocycles. The molecule has 5 heteroatoms. The van der Waals surface area contributed by atoms with E-state index >= 15 is 0 Å². The summed E-state index contributed by atoms with van der Waals surface area (Å²) >= 11 is 4.86. The number of rotatable bonds is 3. The second-order valence-electron chi connectivity index (χ2n) is 3.88. The zero-order chi connectivity index (χ0) is 13.1. The van der Waals surface area contributed by atoms with Crippen LogP contribution < -0.4 is 11.1 Å². The number of nitrogens with one attached hydrogen (secondary N) is 1. The van der Waals surface area contributed by atoms with Gasteiger partial charge in [-0.25, -0.2) is 4.39 Å². The lowest BCUT2D eigenvalue weighted by molar-refractivity contribution is 0.619. The van der Waals surface area contributed by atoms with Crippen LogP contribution in [0.3, 0.4) is 0 Å². The molecule has 0 radical (unpaired) electrons. The Labute approximate surface area is 110 Å². The maximum atomic E-state index is 13.1. The maximum Gasteiger partial charge on any atom is 0.126 e. The first-order valence-electron chi connectivity index (χ1n) is 5.35. The van der Waals surface area contributed by atoms with Gasteiger partial charge in [-0.15, -0.1) is 0 Å². The molecule has 0 spiro atoms. The fraction of sp³-hybridized carbons (Fsp3) is 0.0769. The number of nitrogens with zero attached hydrogens (tertiary/aromatic N) is 1. The second kappa shape index (κ2) is 5.10. The van der Waals surface area contributed by atoms with Crippen molar-refractivity contribution in [1.82, 2.24) is 4.98 Å². The number of halogens is 1. The van der Waals surface area contributed by atoms with E-state index in [1.165, 1.54) is 6.07 Å². The minimum absolute atomic E-state index is 0.223. The van der Waals surface area contributed by atoms with Crippen molar-refractivity contribution in [3.05, 3.63) is 53.6 Å². The standard InChI is InChI=1S/C13H12FN3S/c1-8-6-9(2-3-11(8)14)17-10-4-5-16-12(7-10)13(15)18/h2-7H,1H3,(H2,15,18)(H,16,17). The number of thiocarbonyl (C=S) groups is 1. The van der Waals surface area contributed by atoms with Gasteiger partial charge >= 0.3 is 0 Å². The lowest BCUT2D eigenvalue weighted by atomic mass is 10.2. The van der Waals surface area contributed by atoms with Crippen molar-refractivity contribution in [2.75, 3.05) is 5.32 Å². The summed E-state index contributed by atoms with van der Waals surface area (Å²) in [5.41, 5.74) is 8.25. The largest absolute Gasteiger partial charge is 0.388 e. The van der Waals surface area contributed by atoms with Crippen molar-refractivity contribution in [2.24, 2.45) is 5.73 Å². The van der Waals surface area contributed by atoms with E-state index in [1.54, 1.807) is 37.4 Å². The topological polar surface area (TPSA) is 50.9 Å². The molecule has 3 nitrogen and oxygen atoms in total. The SMILES string of the molecule is Cc1cc(Nc2ccnc(C(N)=S)c2)ccc1F. The van der Waals surface area contributed by atoms with Gasteiger partial charge in [0.15, 0.2) is 0 Å². The Morgan fingerprint density at radius 1 is 1.28 bits per heavy atom. The molecular weight excluding hydrogens is 249 g/mol. The highest BCUT2D eigenvalue weighted by Crippen LogP contribution is 2.19. The van der Waals surface area contributed by atoms with Crippen molar-refractivity contribution in [3.63, 3.8) is 0 Å². The van der Waals surface area contributed by atoms with E-state index in [2.05, 4.69) is 10.3 Å². The molecule has 1 heterocycles. The van der Waals surface area contributed by atoms with Gasteiger partial charge in [0.05, 0.1) is 5.69 Å². The number of hydrogen-bond donors (Lipinski definition) is 2. The summed E-state index contributed by atoms with van der Waals surface area (Å²) in [6.45, 7) is 1.72. The van der Waals surface area contributed by atoms with E-state index in [4.69, 9.17) is 18.0 Å². The van der Waals surface area contributed by atoms with E-state index in [0.717, 1.165) is 11.4 Å². The Hall–Kier alpha value is -2.01. The average Bonchev–Trinajstić information content (AvgIpc) is 2.34. The molecule has 0 amide bonds. The van der Waals surface area contributed by atoms with Crippen LogP contribution in [0, 0.1) is 12.7 Å². The Morgan fingerprint density at radius 3 is 2.67 bits per heavy atom. The number of benzene rings is 1. The van der Waals surface area contributed by atoms with Crippen LogP contribution in [0.25, 0.3) is 0 Å².